The summed E-state index contributed by atoms with van der Waals surface area (Å²) in [5, 5.41) is 2.63. The molecule has 0 saturated carbocycles. The Morgan fingerprint density at radius 3 is 1.57 bits per heavy atom. The highest BCUT2D eigenvalue weighted by Gasteiger charge is 2.09. The molecule has 4 aromatic rings. The van der Waals surface area contributed by atoms with Crippen LogP contribution in [0.5, 0.6) is 0 Å². The zero-order valence-electron chi connectivity index (χ0n) is 13.2. The van der Waals surface area contributed by atoms with Gasteiger partial charge >= 0.3 is 0 Å². The molecule has 0 heteroatoms. The lowest BCUT2D eigenvalue weighted by Crippen LogP contribution is -1.87. The fraction of sp³-hybridized carbons (Fsp3) is 0.0435. The van der Waals surface area contributed by atoms with Gasteiger partial charge in [0.1, 0.15) is 0 Å². The fourth-order valence-electron chi connectivity index (χ4n) is 3.20. The maximum atomic E-state index is 2.30. The van der Waals surface area contributed by atoms with Gasteiger partial charge < -0.3 is 0 Å². The van der Waals surface area contributed by atoms with Crippen molar-refractivity contribution in [2.45, 2.75) is 6.92 Å². The van der Waals surface area contributed by atoms with E-state index in [9.17, 15) is 0 Å². The lowest BCUT2D eigenvalue weighted by atomic mass is 9.91. The van der Waals surface area contributed by atoms with Crippen molar-refractivity contribution in [3.63, 3.8) is 0 Å². The molecule has 0 fully saturated rings. The molecular formula is C23H18. The van der Waals surface area contributed by atoms with Gasteiger partial charge in [0.25, 0.3) is 0 Å². The molecule has 0 saturated heterocycles. The van der Waals surface area contributed by atoms with Gasteiger partial charge in [0.15, 0.2) is 0 Å². The van der Waals surface area contributed by atoms with Crippen molar-refractivity contribution in [1.82, 2.24) is 0 Å². The Bertz CT molecular complexity index is 951. The third-order valence-corrected chi connectivity index (χ3v) is 4.34. The summed E-state index contributed by atoms with van der Waals surface area (Å²) in [4.78, 5) is 0. The predicted molar refractivity (Wildman–Crippen MR) is 99.6 cm³/mol. The van der Waals surface area contributed by atoms with E-state index in [1.165, 1.54) is 38.6 Å². The maximum absolute atomic E-state index is 2.30. The van der Waals surface area contributed by atoms with Gasteiger partial charge in [0.05, 0.1) is 0 Å². The van der Waals surface area contributed by atoms with Crippen LogP contribution in [0.1, 0.15) is 5.56 Å². The first kappa shape index (κ1) is 13.8. The van der Waals surface area contributed by atoms with E-state index in [1.54, 1.807) is 0 Å². The van der Waals surface area contributed by atoms with Crippen LogP contribution < -0.4 is 0 Å². The maximum Gasteiger partial charge on any atom is -0.00965 e. The summed E-state index contributed by atoms with van der Waals surface area (Å²) in [5.74, 6) is 0. The number of rotatable bonds is 2. The summed E-state index contributed by atoms with van der Waals surface area (Å²) < 4.78 is 0. The summed E-state index contributed by atoms with van der Waals surface area (Å²) in [6, 6.07) is 32.5. The zero-order valence-corrected chi connectivity index (χ0v) is 13.2. The molecule has 0 spiro atoms. The molecule has 0 nitrogen and oxygen atoms in total. The zero-order chi connectivity index (χ0) is 15.6. The molecule has 0 bridgehead atoms. The molecule has 0 aromatic heterocycles. The molecule has 0 amide bonds. The van der Waals surface area contributed by atoms with Crippen molar-refractivity contribution in [2.75, 3.05) is 0 Å². The largest absolute Gasteiger partial charge is 0.0622 e. The van der Waals surface area contributed by atoms with Crippen molar-refractivity contribution in [2.24, 2.45) is 0 Å². The van der Waals surface area contributed by atoms with Crippen molar-refractivity contribution in [1.29, 1.82) is 0 Å². The topological polar surface area (TPSA) is 0 Å². The SMILES string of the molecule is Cc1ccc2c(-c3ccccc3)ccc(-c3ccccc3)c2c1. The van der Waals surface area contributed by atoms with E-state index >= 15 is 0 Å². The minimum absolute atomic E-state index is 1.26. The first-order chi connectivity index (χ1) is 11.3. The highest BCUT2D eigenvalue weighted by atomic mass is 14.1. The van der Waals surface area contributed by atoms with Crippen molar-refractivity contribution < 1.29 is 0 Å². The number of benzene rings is 4. The molecule has 0 unspecified atom stereocenters. The lowest BCUT2D eigenvalue weighted by molar-refractivity contribution is 1.50. The van der Waals surface area contributed by atoms with Crippen LogP contribution in [0, 0.1) is 6.92 Å². The van der Waals surface area contributed by atoms with E-state index in [0.717, 1.165) is 0 Å². The van der Waals surface area contributed by atoms with Gasteiger partial charge in [0.2, 0.25) is 0 Å². The van der Waals surface area contributed by atoms with Gasteiger partial charge in [-0.1, -0.05) is 96.6 Å². The standard InChI is InChI=1S/C23H18/c1-17-12-13-22-20(18-8-4-2-5-9-18)14-15-21(23(22)16-17)19-10-6-3-7-11-19/h2-16H,1H3. The highest BCUT2D eigenvalue weighted by molar-refractivity contribution is 6.05. The molecule has 0 aliphatic rings. The van der Waals surface area contributed by atoms with E-state index in [-0.39, 0.29) is 0 Å². The Hall–Kier alpha value is -2.86. The van der Waals surface area contributed by atoms with Crippen molar-refractivity contribution in [3.8, 4) is 22.3 Å². The van der Waals surface area contributed by atoms with Crippen LogP contribution >= 0.6 is 0 Å². The molecule has 110 valence electrons. The summed E-state index contributed by atoms with van der Waals surface area (Å²) in [5.41, 5.74) is 6.41. The van der Waals surface area contributed by atoms with Crippen LogP contribution in [0.15, 0.2) is 91.0 Å². The lowest BCUT2D eigenvalue weighted by Gasteiger charge is -2.13. The summed E-state index contributed by atoms with van der Waals surface area (Å²) in [6.45, 7) is 2.16. The third kappa shape index (κ3) is 2.53. The summed E-state index contributed by atoms with van der Waals surface area (Å²) >= 11 is 0. The molecule has 0 aliphatic carbocycles. The average Bonchev–Trinajstić information content (AvgIpc) is 2.62. The highest BCUT2D eigenvalue weighted by Crippen LogP contribution is 2.35. The van der Waals surface area contributed by atoms with E-state index < -0.39 is 0 Å². The van der Waals surface area contributed by atoms with Crippen LogP contribution in [-0.2, 0) is 0 Å². The smallest absolute Gasteiger partial charge is 0.00965 e. The number of hydrogen-bond acceptors (Lipinski definition) is 0. The van der Waals surface area contributed by atoms with Crippen molar-refractivity contribution >= 4 is 10.8 Å². The Labute approximate surface area is 137 Å². The first-order valence-corrected chi connectivity index (χ1v) is 7.97. The molecule has 0 N–H and O–H groups in total. The molecule has 23 heavy (non-hydrogen) atoms. The monoisotopic (exact) mass is 294 g/mol. The van der Waals surface area contributed by atoms with E-state index in [0.29, 0.717) is 0 Å². The van der Waals surface area contributed by atoms with Gasteiger partial charge in [-0.25, -0.2) is 0 Å². The Morgan fingerprint density at radius 1 is 0.478 bits per heavy atom. The fourth-order valence-corrected chi connectivity index (χ4v) is 3.20. The minimum Gasteiger partial charge on any atom is -0.0622 e. The second kappa shape index (κ2) is 5.73. The first-order valence-electron chi connectivity index (χ1n) is 7.97. The van der Waals surface area contributed by atoms with E-state index in [1.807, 2.05) is 0 Å². The molecule has 0 radical (unpaired) electrons. The molecular weight excluding hydrogens is 276 g/mol. The number of fused-ring (bicyclic) bond motifs is 1. The molecule has 4 aromatic carbocycles. The third-order valence-electron chi connectivity index (χ3n) is 4.34. The van der Waals surface area contributed by atoms with E-state index in [4.69, 9.17) is 0 Å². The van der Waals surface area contributed by atoms with Crippen molar-refractivity contribution in [3.05, 3.63) is 96.6 Å². The van der Waals surface area contributed by atoms with Gasteiger partial charge in [-0.3, -0.25) is 0 Å². The second-order valence-electron chi connectivity index (χ2n) is 5.94. The van der Waals surface area contributed by atoms with Crippen LogP contribution in [0.4, 0.5) is 0 Å². The van der Waals surface area contributed by atoms with Gasteiger partial charge in [-0.2, -0.15) is 0 Å². The van der Waals surface area contributed by atoms with E-state index in [2.05, 4.69) is 97.9 Å². The Kier molecular flexibility index (Phi) is 3.44. The van der Waals surface area contributed by atoms with Crippen LogP contribution in [0.25, 0.3) is 33.0 Å². The molecule has 0 atom stereocenters. The summed E-state index contributed by atoms with van der Waals surface area (Å²) in [7, 11) is 0. The van der Waals surface area contributed by atoms with Crippen LogP contribution in [-0.4, -0.2) is 0 Å². The van der Waals surface area contributed by atoms with Gasteiger partial charge in [-0.15, -0.1) is 0 Å². The minimum atomic E-state index is 1.26. The average molecular weight is 294 g/mol. The molecule has 0 heterocycles. The van der Waals surface area contributed by atoms with Gasteiger partial charge in [-0.05, 0) is 39.9 Å². The van der Waals surface area contributed by atoms with Gasteiger partial charge in [0, 0.05) is 0 Å². The molecule has 0 aliphatic heterocycles. The quantitative estimate of drug-likeness (QED) is 0.397. The van der Waals surface area contributed by atoms with Crippen LogP contribution in [0.3, 0.4) is 0 Å². The van der Waals surface area contributed by atoms with Crippen LogP contribution in [0.2, 0.25) is 0 Å². The second-order valence-corrected chi connectivity index (χ2v) is 5.94. The number of aryl methyl sites for hydroxylation is 1. The number of hydrogen-bond donors (Lipinski definition) is 0. The normalized spacial score (nSPS) is 10.8. The Morgan fingerprint density at radius 2 is 1.00 bits per heavy atom. The summed E-state index contributed by atoms with van der Waals surface area (Å²) in [6.07, 6.45) is 0. The molecule has 4 rings (SSSR count). The predicted octanol–water partition coefficient (Wildman–Crippen LogP) is 6.48. The Balaban J connectivity index is 2.03.